The lowest BCUT2D eigenvalue weighted by Gasteiger charge is -2.06. The molecule has 8 heteroatoms. The smallest absolute Gasteiger partial charge is 0.240 e. The van der Waals surface area contributed by atoms with Gasteiger partial charge in [0.2, 0.25) is 16.4 Å². The summed E-state index contributed by atoms with van der Waals surface area (Å²) in [5.41, 5.74) is 1.11. The van der Waals surface area contributed by atoms with Gasteiger partial charge in [-0.25, -0.2) is 13.1 Å². The van der Waals surface area contributed by atoms with E-state index in [1.165, 1.54) is 0 Å². The summed E-state index contributed by atoms with van der Waals surface area (Å²) in [6.07, 6.45) is 3.08. The Bertz CT molecular complexity index is 639. The number of hydrogen-bond donors (Lipinski definition) is 2. The van der Waals surface area contributed by atoms with Crippen molar-refractivity contribution in [2.45, 2.75) is 24.3 Å². The van der Waals surface area contributed by atoms with Crippen LogP contribution in [-0.2, 0) is 23.0 Å². The monoisotopic (exact) mass is 310 g/mol. The second-order valence-electron chi connectivity index (χ2n) is 4.52. The van der Waals surface area contributed by atoms with E-state index in [1.807, 2.05) is 19.2 Å². The lowest BCUT2D eigenvalue weighted by molar-refractivity contribution is 0.409. The van der Waals surface area contributed by atoms with Gasteiger partial charge >= 0.3 is 0 Å². The predicted octanol–water partition coefficient (Wildman–Crippen LogP) is 0.700. The van der Waals surface area contributed by atoms with E-state index in [0.717, 1.165) is 31.3 Å². The van der Waals surface area contributed by atoms with Crippen molar-refractivity contribution in [1.29, 1.82) is 0 Å². The van der Waals surface area contributed by atoms with Crippen LogP contribution in [0.5, 0.6) is 0 Å². The van der Waals surface area contributed by atoms with Crippen LogP contribution in [0.2, 0.25) is 0 Å². The molecule has 2 rings (SSSR count). The quantitative estimate of drug-likeness (QED) is 0.697. The largest absolute Gasteiger partial charge is 0.343 e. The van der Waals surface area contributed by atoms with Crippen molar-refractivity contribution in [3.63, 3.8) is 0 Å². The van der Waals surface area contributed by atoms with Gasteiger partial charge in [-0.15, -0.1) is 0 Å². The zero-order valence-electron chi connectivity index (χ0n) is 11.7. The van der Waals surface area contributed by atoms with E-state index in [0.29, 0.717) is 5.82 Å². The van der Waals surface area contributed by atoms with Crippen molar-refractivity contribution in [3.05, 3.63) is 42.0 Å². The Balaban J connectivity index is 1.96. The maximum Gasteiger partial charge on any atom is 0.240 e. The average Bonchev–Trinajstić information content (AvgIpc) is 3.00. The van der Waals surface area contributed by atoms with Crippen LogP contribution in [0.1, 0.15) is 17.8 Å². The SMILES string of the molecule is CNCCCc1ccc(S(=O)(=O)NCc2ncon2)cc1. The lowest BCUT2D eigenvalue weighted by Crippen LogP contribution is -2.23. The van der Waals surface area contributed by atoms with Gasteiger partial charge < -0.3 is 9.84 Å². The minimum Gasteiger partial charge on any atom is -0.343 e. The Kier molecular flexibility index (Phi) is 5.43. The standard InChI is InChI=1S/C13H18N4O3S/c1-14-8-2-3-11-4-6-12(7-5-11)21(18,19)16-9-13-15-10-20-17-13/h4-7,10,14,16H,2-3,8-9H2,1H3. The minimum absolute atomic E-state index is 0.00273. The molecule has 0 aliphatic rings. The molecule has 1 aromatic heterocycles. The van der Waals surface area contributed by atoms with Gasteiger partial charge in [-0.2, -0.15) is 4.98 Å². The highest BCUT2D eigenvalue weighted by Crippen LogP contribution is 2.12. The fraction of sp³-hybridized carbons (Fsp3) is 0.385. The summed E-state index contributed by atoms with van der Waals surface area (Å²) in [6.45, 7) is 0.940. The van der Waals surface area contributed by atoms with Gasteiger partial charge in [0, 0.05) is 0 Å². The molecule has 2 N–H and O–H groups in total. The molecule has 0 amide bonds. The van der Waals surface area contributed by atoms with Gasteiger partial charge in [-0.1, -0.05) is 17.3 Å². The van der Waals surface area contributed by atoms with Crippen molar-refractivity contribution in [1.82, 2.24) is 20.2 Å². The maximum atomic E-state index is 12.1. The second kappa shape index (κ2) is 7.30. The number of sulfonamides is 1. The molecule has 114 valence electrons. The lowest BCUT2D eigenvalue weighted by atomic mass is 10.1. The van der Waals surface area contributed by atoms with Crippen molar-refractivity contribution >= 4 is 10.0 Å². The molecule has 1 aromatic carbocycles. The fourth-order valence-electron chi connectivity index (χ4n) is 1.82. The maximum absolute atomic E-state index is 12.1. The summed E-state index contributed by atoms with van der Waals surface area (Å²) in [4.78, 5) is 3.98. The molecule has 0 spiro atoms. The molecule has 7 nitrogen and oxygen atoms in total. The Labute approximate surface area is 123 Å². The van der Waals surface area contributed by atoms with Crippen LogP contribution in [0.3, 0.4) is 0 Å². The third-order valence-corrected chi connectivity index (χ3v) is 4.37. The highest BCUT2D eigenvalue weighted by molar-refractivity contribution is 7.89. The van der Waals surface area contributed by atoms with Gasteiger partial charge in [0.15, 0.2) is 5.82 Å². The van der Waals surface area contributed by atoms with E-state index in [2.05, 4.69) is 24.7 Å². The summed E-state index contributed by atoms with van der Waals surface area (Å²) in [7, 11) is -1.65. The third-order valence-electron chi connectivity index (χ3n) is 2.95. The van der Waals surface area contributed by atoms with Crippen LogP contribution < -0.4 is 10.0 Å². The predicted molar refractivity (Wildman–Crippen MR) is 77.0 cm³/mol. The van der Waals surface area contributed by atoms with E-state index in [9.17, 15) is 8.42 Å². The fourth-order valence-corrected chi connectivity index (χ4v) is 2.80. The first-order valence-electron chi connectivity index (χ1n) is 6.60. The van der Waals surface area contributed by atoms with Crippen molar-refractivity contribution in [2.24, 2.45) is 0 Å². The number of aromatic nitrogens is 2. The molecule has 0 aliphatic carbocycles. The van der Waals surface area contributed by atoms with E-state index < -0.39 is 10.0 Å². The molecule has 0 saturated heterocycles. The molecule has 0 unspecified atom stereocenters. The number of hydrogen-bond acceptors (Lipinski definition) is 6. The summed E-state index contributed by atoms with van der Waals surface area (Å²) in [6, 6.07) is 6.87. The van der Waals surface area contributed by atoms with Gasteiger partial charge in [0.05, 0.1) is 11.4 Å². The average molecular weight is 310 g/mol. The first kappa shape index (κ1) is 15.6. The van der Waals surface area contributed by atoms with Crippen LogP contribution in [-0.4, -0.2) is 32.2 Å². The first-order valence-corrected chi connectivity index (χ1v) is 8.08. The molecule has 21 heavy (non-hydrogen) atoms. The highest BCUT2D eigenvalue weighted by Gasteiger charge is 2.14. The topological polar surface area (TPSA) is 97.1 Å². The van der Waals surface area contributed by atoms with Crippen molar-refractivity contribution in [2.75, 3.05) is 13.6 Å². The number of nitrogens with one attached hydrogen (secondary N) is 2. The number of benzene rings is 1. The summed E-state index contributed by atoms with van der Waals surface area (Å²) in [5.74, 6) is 0.294. The zero-order chi connectivity index (χ0) is 15.1. The third kappa shape index (κ3) is 4.62. The Morgan fingerprint density at radius 3 is 2.62 bits per heavy atom. The Morgan fingerprint density at radius 1 is 1.24 bits per heavy atom. The molecule has 0 aliphatic heterocycles. The van der Waals surface area contributed by atoms with Crippen LogP contribution in [0.4, 0.5) is 0 Å². The second-order valence-corrected chi connectivity index (χ2v) is 6.29. The van der Waals surface area contributed by atoms with Gasteiger partial charge in [0.1, 0.15) is 0 Å². The van der Waals surface area contributed by atoms with Gasteiger partial charge in [-0.05, 0) is 44.1 Å². The van der Waals surface area contributed by atoms with Gasteiger partial charge in [-0.3, -0.25) is 0 Å². The normalized spacial score (nSPS) is 11.7. The molecule has 0 atom stereocenters. The molecule has 0 saturated carbocycles. The highest BCUT2D eigenvalue weighted by atomic mass is 32.2. The van der Waals surface area contributed by atoms with Crippen molar-refractivity contribution in [3.8, 4) is 0 Å². The zero-order valence-corrected chi connectivity index (χ0v) is 12.6. The number of aryl methyl sites for hydroxylation is 1. The molecule has 2 aromatic rings. The minimum atomic E-state index is -3.56. The number of rotatable bonds is 8. The van der Waals surface area contributed by atoms with E-state index >= 15 is 0 Å². The summed E-state index contributed by atoms with van der Waals surface area (Å²) >= 11 is 0. The van der Waals surface area contributed by atoms with E-state index in [1.54, 1.807) is 12.1 Å². The molecule has 0 bridgehead atoms. The van der Waals surface area contributed by atoms with E-state index in [4.69, 9.17) is 0 Å². The number of nitrogens with zero attached hydrogens (tertiary/aromatic N) is 2. The van der Waals surface area contributed by atoms with Crippen LogP contribution >= 0.6 is 0 Å². The van der Waals surface area contributed by atoms with E-state index in [-0.39, 0.29) is 11.4 Å². The molecular formula is C13H18N4O3S. The molecule has 0 radical (unpaired) electrons. The summed E-state index contributed by atoms with van der Waals surface area (Å²) in [5, 5.41) is 6.63. The van der Waals surface area contributed by atoms with Crippen molar-refractivity contribution < 1.29 is 12.9 Å². The Morgan fingerprint density at radius 2 is 2.00 bits per heavy atom. The first-order chi connectivity index (χ1) is 10.1. The van der Waals surface area contributed by atoms with Gasteiger partial charge in [0.25, 0.3) is 0 Å². The Hall–Kier alpha value is -1.77. The van der Waals surface area contributed by atoms with Crippen LogP contribution in [0.15, 0.2) is 40.1 Å². The summed E-state index contributed by atoms with van der Waals surface area (Å²) < 4.78 is 31.2. The molecular weight excluding hydrogens is 292 g/mol. The van der Waals surface area contributed by atoms with Crippen LogP contribution in [0, 0.1) is 0 Å². The van der Waals surface area contributed by atoms with Crippen LogP contribution in [0.25, 0.3) is 0 Å². The molecule has 0 fully saturated rings. The molecule has 1 heterocycles.